The summed E-state index contributed by atoms with van der Waals surface area (Å²) in [5.74, 6) is -0.510. The third-order valence-corrected chi connectivity index (χ3v) is 8.74. The standard InChI is InChI=1S/C36H36N8O3/c1-43-18-24(40-20-43)19-44-17-23(13-22(10-11-37)35(38)46)26-8-6-21(12-32(26)44)15-39-16-31-33(28-4-2-3-5-30(28)41-31)34-29-14-25(45)7-9-27(29)36(47)42-34/h2-9,12-14,17-18,20,34,39,41,45H,10-11,15-16,19,37H2,1H3,(H2,38,46)(H,42,47). The summed E-state index contributed by atoms with van der Waals surface area (Å²) in [6.45, 7) is 2.00. The number of phenolic OH excluding ortho intramolecular Hbond substituents is 1. The van der Waals surface area contributed by atoms with E-state index >= 15 is 0 Å². The SMILES string of the molecule is Cn1cnc(Cn2cc(C=C(CCN)C(N)=O)c3ccc(CNCc4[nH]c5ccccc5c4C4NC(=O)c5ccc(O)cc54)cc32)c1. The van der Waals surface area contributed by atoms with Crippen molar-refractivity contribution in [2.75, 3.05) is 6.54 Å². The molecule has 3 aromatic heterocycles. The van der Waals surface area contributed by atoms with Crippen LogP contribution >= 0.6 is 0 Å². The molecule has 0 saturated heterocycles. The largest absolute Gasteiger partial charge is 0.508 e. The van der Waals surface area contributed by atoms with Gasteiger partial charge in [0.1, 0.15) is 5.75 Å². The topological polar surface area (TPSA) is 169 Å². The number of rotatable bonds is 11. The number of para-hydroxylation sites is 1. The maximum absolute atomic E-state index is 12.8. The number of hydrogen-bond acceptors (Lipinski definition) is 6. The molecule has 0 saturated carbocycles. The van der Waals surface area contributed by atoms with Gasteiger partial charge in [-0.1, -0.05) is 30.3 Å². The molecule has 2 amide bonds. The number of H-pyrrole nitrogens is 1. The van der Waals surface area contributed by atoms with Crippen molar-refractivity contribution in [3.63, 3.8) is 0 Å². The van der Waals surface area contributed by atoms with E-state index in [1.165, 1.54) is 6.07 Å². The number of aromatic hydroxyl groups is 1. The molecule has 1 unspecified atom stereocenters. The molecule has 7 rings (SSSR count). The monoisotopic (exact) mass is 628 g/mol. The minimum Gasteiger partial charge on any atom is -0.508 e. The van der Waals surface area contributed by atoms with E-state index in [0.29, 0.717) is 43.7 Å². The lowest BCUT2D eigenvalue weighted by molar-refractivity contribution is -0.114. The Bertz CT molecular complexity index is 2190. The molecule has 0 fully saturated rings. The summed E-state index contributed by atoms with van der Waals surface area (Å²) >= 11 is 0. The van der Waals surface area contributed by atoms with Crippen LogP contribution in [0, 0.1) is 0 Å². The van der Waals surface area contributed by atoms with Crippen LogP contribution in [0.1, 0.15) is 56.5 Å². The summed E-state index contributed by atoms with van der Waals surface area (Å²) in [7, 11) is 1.94. The van der Waals surface area contributed by atoms with Gasteiger partial charge in [-0.25, -0.2) is 4.98 Å². The Morgan fingerprint density at radius 2 is 1.94 bits per heavy atom. The molecule has 8 N–H and O–H groups in total. The Labute approximate surface area is 270 Å². The maximum Gasteiger partial charge on any atom is 0.252 e. The number of aryl methyl sites for hydroxylation is 1. The normalized spacial score (nSPS) is 14.6. The van der Waals surface area contributed by atoms with Crippen LogP contribution in [0.15, 0.2) is 85.0 Å². The molecule has 11 nitrogen and oxygen atoms in total. The van der Waals surface area contributed by atoms with E-state index in [4.69, 9.17) is 11.5 Å². The predicted molar refractivity (Wildman–Crippen MR) is 181 cm³/mol. The van der Waals surface area contributed by atoms with Crippen molar-refractivity contribution in [1.82, 2.24) is 29.7 Å². The average Bonchev–Trinajstić information content (AvgIpc) is 3.80. The first kappa shape index (κ1) is 30.0. The third-order valence-electron chi connectivity index (χ3n) is 8.74. The fraction of sp³-hybridized carbons (Fsp3) is 0.194. The fourth-order valence-electron chi connectivity index (χ4n) is 6.59. The lowest BCUT2D eigenvalue weighted by Gasteiger charge is -2.15. The van der Waals surface area contributed by atoms with E-state index in [9.17, 15) is 14.7 Å². The van der Waals surface area contributed by atoms with Crippen LogP contribution in [0.3, 0.4) is 0 Å². The van der Waals surface area contributed by atoms with Gasteiger partial charge in [0.25, 0.3) is 5.91 Å². The number of carbonyl (C=O) groups is 2. The maximum atomic E-state index is 12.8. The van der Waals surface area contributed by atoms with E-state index in [1.54, 1.807) is 18.5 Å². The second-order valence-corrected chi connectivity index (χ2v) is 12.0. The van der Waals surface area contributed by atoms with E-state index in [2.05, 4.69) is 43.4 Å². The number of primary amides is 1. The zero-order chi connectivity index (χ0) is 32.7. The lowest BCUT2D eigenvalue weighted by atomic mass is 9.95. The summed E-state index contributed by atoms with van der Waals surface area (Å²) in [4.78, 5) is 33.0. The van der Waals surface area contributed by atoms with E-state index in [-0.39, 0.29) is 17.7 Å². The zero-order valence-corrected chi connectivity index (χ0v) is 26.0. The van der Waals surface area contributed by atoms with Gasteiger partial charge in [-0.05, 0) is 60.5 Å². The van der Waals surface area contributed by atoms with Crippen molar-refractivity contribution in [1.29, 1.82) is 0 Å². The van der Waals surface area contributed by atoms with Crippen LogP contribution in [-0.4, -0.2) is 42.6 Å². The zero-order valence-electron chi connectivity index (χ0n) is 26.0. The molecule has 1 aliphatic rings. The smallest absolute Gasteiger partial charge is 0.252 e. The van der Waals surface area contributed by atoms with Crippen LogP contribution in [0.5, 0.6) is 5.75 Å². The summed E-state index contributed by atoms with van der Waals surface area (Å²) in [5, 5.41) is 19.0. The molecule has 11 heteroatoms. The predicted octanol–water partition coefficient (Wildman–Crippen LogP) is 3.95. The van der Waals surface area contributed by atoms with E-state index < -0.39 is 5.91 Å². The van der Waals surface area contributed by atoms with Gasteiger partial charge >= 0.3 is 0 Å². The number of nitrogens with one attached hydrogen (secondary N) is 3. The van der Waals surface area contributed by atoms with Gasteiger partial charge in [0, 0.05) is 82.3 Å². The molecule has 47 heavy (non-hydrogen) atoms. The van der Waals surface area contributed by atoms with Gasteiger partial charge in [0.2, 0.25) is 5.91 Å². The first-order valence-electron chi connectivity index (χ1n) is 15.5. The Balaban J connectivity index is 1.19. The number of imidazole rings is 1. The van der Waals surface area contributed by atoms with Crippen molar-refractivity contribution >= 4 is 39.7 Å². The second-order valence-electron chi connectivity index (χ2n) is 12.0. The number of hydrogen-bond donors (Lipinski definition) is 6. The Morgan fingerprint density at radius 1 is 1.09 bits per heavy atom. The summed E-state index contributed by atoms with van der Waals surface area (Å²) in [5.41, 5.74) is 20.0. The van der Waals surface area contributed by atoms with Gasteiger partial charge in [-0.3, -0.25) is 9.59 Å². The molecule has 3 aromatic carbocycles. The third kappa shape index (κ3) is 5.78. The van der Waals surface area contributed by atoms with Crippen LogP contribution in [0.25, 0.3) is 27.9 Å². The van der Waals surface area contributed by atoms with Gasteiger partial charge in [0.15, 0.2) is 0 Å². The lowest BCUT2D eigenvalue weighted by Crippen LogP contribution is -2.22. The number of nitrogens with two attached hydrogens (primary N) is 2. The highest BCUT2D eigenvalue weighted by molar-refractivity contribution is 6.01. The number of carbonyl (C=O) groups excluding carboxylic acids is 2. The quantitative estimate of drug-likeness (QED) is 0.119. The molecule has 0 radical (unpaired) electrons. The van der Waals surface area contributed by atoms with E-state index in [1.807, 2.05) is 54.3 Å². The van der Waals surface area contributed by atoms with Crippen molar-refractivity contribution in [3.05, 3.63) is 124 Å². The van der Waals surface area contributed by atoms with Crippen LogP contribution in [0.2, 0.25) is 0 Å². The Morgan fingerprint density at radius 3 is 2.72 bits per heavy atom. The van der Waals surface area contributed by atoms with Crippen molar-refractivity contribution < 1.29 is 14.7 Å². The first-order chi connectivity index (χ1) is 22.8. The second kappa shape index (κ2) is 12.3. The number of amides is 2. The molecule has 0 aliphatic carbocycles. The first-order valence-corrected chi connectivity index (χ1v) is 15.5. The van der Waals surface area contributed by atoms with Crippen molar-refractivity contribution in [3.8, 4) is 5.75 Å². The van der Waals surface area contributed by atoms with E-state index in [0.717, 1.165) is 55.4 Å². The minimum atomic E-state index is -0.476. The molecule has 0 spiro atoms. The number of aromatic amines is 1. The average molecular weight is 629 g/mol. The Hall–Kier alpha value is -5.65. The molecule has 0 bridgehead atoms. The van der Waals surface area contributed by atoms with Crippen molar-refractivity contribution in [2.45, 2.75) is 32.1 Å². The molecule has 4 heterocycles. The minimum absolute atomic E-state index is 0.122. The highest BCUT2D eigenvalue weighted by Gasteiger charge is 2.33. The molecule has 1 aliphatic heterocycles. The fourth-order valence-corrected chi connectivity index (χ4v) is 6.59. The molecule has 1 atom stereocenters. The number of phenols is 1. The summed E-state index contributed by atoms with van der Waals surface area (Å²) < 4.78 is 4.06. The molecular formula is C36H36N8O3. The van der Waals surface area contributed by atoms with Gasteiger partial charge in [-0.2, -0.15) is 0 Å². The number of fused-ring (bicyclic) bond motifs is 3. The van der Waals surface area contributed by atoms with Gasteiger partial charge in [0.05, 0.1) is 24.6 Å². The van der Waals surface area contributed by atoms with Gasteiger partial charge < -0.3 is 41.3 Å². The number of benzene rings is 3. The summed E-state index contributed by atoms with van der Waals surface area (Å²) in [6.07, 6.45) is 8.03. The molecule has 238 valence electrons. The summed E-state index contributed by atoms with van der Waals surface area (Å²) in [6, 6.07) is 18.8. The highest BCUT2D eigenvalue weighted by atomic mass is 16.3. The molecular weight excluding hydrogens is 592 g/mol. The van der Waals surface area contributed by atoms with Crippen LogP contribution in [0.4, 0.5) is 0 Å². The number of nitrogens with zero attached hydrogens (tertiary/aromatic N) is 3. The van der Waals surface area contributed by atoms with Crippen LogP contribution < -0.4 is 22.1 Å². The van der Waals surface area contributed by atoms with Crippen molar-refractivity contribution in [2.24, 2.45) is 18.5 Å². The van der Waals surface area contributed by atoms with Crippen LogP contribution in [-0.2, 0) is 31.5 Å². The van der Waals surface area contributed by atoms with Gasteiger partial charge in [-0.15, -0.1) is 0 Å². The number of aromatic nitrogens is 4. The Kier molecular flexibility index (Phi) is 7.84. The highest BCUT2D eigenvalue weighted by Crippen LogP contribution is 2.38. The molecule has 6 aromatic rings.